The number of ether oxygens (including phenoxy) is 1. The number of hydrogen-bond donors (Lipinski definition) is 1. The number of amides is 1. The average Bonchev–Trinajstić information content (AvgIpc) is 2.51. The van der Waals surface area contributed by atoms with E-state index in [4.69, 9.17) is 27.9 Å². The van der Waals surface area contributed by atoms with Crippen LogP contribution in [0.25, 0.3) is 0 Å². The van der Waals surface area contributed by atoms with Crippen LogP contribution in [0.15, 0.2) is 42.5 Å². The van der Waals surface area contributed by atoms with Gasteiger partial charge in [-0.05, 0) is 49.4 Å². The summed E-state index contributed by atoms with van der Waals surface area (Å²) in [5, 5.41) is 3.01. The summed E-state index contributed by atoms with van der Waals surface area (Å²) in [6.45, 7) is 1.41. The molecule has 0 aliphatic heterocycles. The van der Waals surface area contributed by atoms with Crippen LogP contribution in [0.1, 0.15) is 17.3 Å². The van der Waals surface area contributed by atoms with Crippen molar-refractivity contribution in [3.63, 3.8) is 0 Å². The lowest BCUT2D eigenvalue weighted by Gasteiger charge is -2.14. The standard InChI is InChI=1S/C16H12Cl2FNO3/c1-9(15(21)20-12-5-3-11(19)4-6-12)23-16(22)13-8-10(17)2-7-14(13)18/h2-9H,1H3,(H,20,21). The Morgan fingerprint density at radius 2 is 1.78 bits per heavy atom. The number of anilines is 1. The van der Waals surface area contributed by atoms with Crippen LogP contribution >= 0.6 is 23.2 Å². The minimum atomic E-state index is -1.07. The van der Waals surface area contributed by atoms with Crippen LogP contribution in [-0.2, 0) is 9.53 Å². The quantitative estimate of drug-likeness (QED) is 0.831. The second-order valence-electron chi connectivity index (χ2n) is 4.67. The monoisotopic (exact) mass is 355 g/mol. The molecule has 2 aromatic carbocycles. The topological polar surface area (TPSA) is 55.4 Å². The summed E-state index contributed by atoms with van der Waals surface area (Å²) in [6.07, 6.45) is -1.07. The average molecular weight is 356 g/mol. The molecule has 2 aromatic rings. The van der Waals surface area contributed by atoms with Gasteiger partial charge in [-0.1, -0.05) is 23.2 Å². The van der Waals surface area contributed by atoms with Crippen molar-refractivity contribution in [3.05, 3.63) is 63.9 Å². The summed E-state index contributed by atoms with van der Waals surface area (Å²) < 4.78 is 17.9. The molecule has 120 valence electrons. The summed E-state index contributed by atoms with van der Waals surface area (Å²) in [4.78, 5) is 24.0. The maximum atomic E-state index is 12.8. The highest BCUT2D eigenvalue weighted by Gasteiger charge is 2.21. The van der Waals surface area contributed by atoms with Crippen LogP contribution in [0.4, 0.5) is 10.1 Å². The number of benzene rings is 2. The Morgan fingerprint density at radius 3 is 2.43 bits per heavy atom. The maximum Gasteiger partial charge on any atom is 0.340 e. The zero-order valence-corrected chi connectivity index (χ0v) is 13.5. The van der Waals surface area contributed by atoms with Gasteiger partial charge in [0, 0.05) is 10.7 Å². The van der Waals surface area contributed by atoms with E-state index in [1.807, 2.05) is 0 Å². The first kappa shape index (κ1) is 17.2. The normalized spacial score (nSPS) is 11.7. The van der Waals surface area contributed by atoms with Crippen LogP contribution in [0.3, 0.4) is 0 Å². The van der Waals surface area contributed by atoms with E-state index < -0.39 is 23.8 Å². The molecule has 0 aliphatic carbocycles. The molecule has 23 heavy (non-hydrogen) atoms. The van der Waals surface area contributed by atoms with Gasteiger partial charge < -0.3 is 10.1 Å². The number of esters is 1. The molecule has 4 nitrogen and oxygen atoms in total. The Kier molecular flexibility index (Phi) is 5.58. The van der Waals surface area contributed by atoms with Crippen LogP contribution in [0, 0.1) is 5.82 Å². The van der Waals surface area contributed by atoms with E-state index in [-0.39, 0.29) is 10.6 Å². The molecule has 0 bridgehead atoms. The van der Waals surface area contributed by atoms with Gasteiger partial charge in [0.1, 0.15) is 5.82 Å². The van der Waals surface area contributed by atoms with Gasteiger partial charge in [-0.25, -0.2) is 9.18 Å². The molecule has 2 rings (SSSR count). The SMILES string of the molecule is CC(OC(=O)c1cc(Cl)ccc1Cl)C(=O)Nc1ccc(F)cc1. The summed E-state index contributed by atoms with van der Waals surface area (Å²) in [6, 6.07) is 9.56. The number of hydrogen-bond acceptors (Lipinski definition) is 3. The molecule has 0 aromatic heterocycles. The number of carbonyl (C=O) groups is 2. The molecule has 7 heteroatoms. The predicted molar refractivity (Wildman–Crippen MR) is 86.4 cm³/mol. The first-order valence-electron chi connectivity index (χ1n) is 6.59. The van der Waals surface area contributed by atoms with Gasteiger partial charge in [-0.15, -0.1) is 0 Å². The van der Waals surface area contributed by atoms with Gasteiger partial charge in [0.15, 0.2) is 6.10 Å². The Labute approximate surface area is 142 Å². The second kappa shape index (κ2) is 7.44. The fraction of sp³-hybridized carbons (Fsp3) is 0.125. The van der Waals surface area contributed by atoms with Gasteiger partial charge in [-0.2, -0.15) is 0 Å². The van der Waals surface area contributed by atoms with Gasteiger partial charge in [0.2, 0.25) is 0 Å². The van der Waals surface area contributed by atoms with E-state index in [2.05, 4.69) is 5.32 Å². The van der Waals surface area contributed by atoms with E-state index >= 15 is 0 Å². The minimum absolute atomic E-state index is 0.0700. The first-order valence-corrected chi connectivity index (χ1v) is 7.35. The third kappa shape index (κ3) is 4.68. The fourth-order valence-electron chi connectivity index (χ4n) is 1.71. The molecular formula is C16H12Cl2FNO3. The van der Waals surface area contributed by atoms with Crippen molar-refractivity contribution in [1.82, 2.24) is 0 Å². The molecule has 0 aliphatic rings. The second-order valence-corrected chi connectivity index (χ2v) is 5.51. The summed E-state index contributed by atoms with van der Waals surface area (Å²) in [5.41, 5.74) is 0.459. The number of nitrogens with one attached hydrogen (secondary N) is 1. The first-order chi connectivity index (χ1) is 10.9. The van der Waals surface area contributed by atoms with E-state index in [0.717, 1.165) is 0 Å². The van der Waals surface area contributed by atoms with E-state index in [9.17, 15) is 14.0 Å². The Bertz CT molecular complexity index is 735. The Morgan fingerprint density at radius 1 is 1.13 bits per heavy atom. The molecule has 0 heterocycles. The van der Waals surface area contributed by atoms with Crippen LogP contribution in [-0.4, -0.2) is 18.0 Å². The van der Waals surface area contributed by atoms with Gasteiger partial charge in [-0.3, -0.25) is 4.79 Å². The highest BCUT2D eigenvalue weighted by atomic mass is 35.5. The van der Waals surface area contributed by atoms with Gasteiger partial charge >= 0.3 is 5.97 Å². The minimum Gasteiger partial charge on any atom is -0.449 e. The number of halogens is 3. The van der Waals surface area contributed by atoms with E-state index in [1.165, 1.54) is 49.4 Å². The zero-order valence-electron chi connectivity index (χ0n) is 12.0. The number of rotatable bonds is 4. The zero-order chi connectivity index (χ0) is 17.0. The molecule has 1 N–H and O–H groups in total. The van der Waals surface area contributed by atoms with Crippen LogP contribution in [0.5, 0.6) is 0 Å². The van der Waals surface area contributed by atoms with Crippen LogP contribution in [0.2, 0.25) is 10.0 Å². The molecule has 1 amide bonds. The van der Waals surface area contributed by atoms with Crippen molar-refractivity contribution in [2.24, 2.45) is 0 Å². The molecule has 1 atom stereocenters. The Balaban J connectivity index is 2.01. The largest absolute Gasteiger partial charge is 0.449 e. The van der Waals surface area contributed by atoms with Crippen molar-refractivity contribution in [3.8, 4) is 0 Å². The van der Waals surface area contributed by atoms with Crippen molar-refractivity contribution in [2.45, 2.75) is 13.0 Å². The lowest BCUT2D eigenvalue weighted by atomic mass is 10.2. The van der Waals surface area contributed by atoms with Crippen molar-refractivity contribution < 1.29 is 18.7 Å². The predicted octanol–water partition coefficient (Wildman–Crippen LogP) is 4.32. The van der Waals surface area contributed by atoms with E-state index in [0.29, 0.717) is 10.7 Å². The number of carbonyl (C=O) groups excluding carboxylic acids is 2. The summed E-state index contributed by atoms with van der Waals surface area (Å²) in [7, 11) is 0. The van der Waals surface area contributed by atoms with E-state index in [1.54, 1.807) is 0 Å². The maximum absolute atomic E-state index is 12.8. The molecule has 0 spiro atoms. The van der Waals surface area contributed by atoms with Gasteiger partial charge in [0.05, 0.1) is 10.6 Å². The molecule has 0 saturated heterocycles. The summed E-state index contributed by atoms with van der Waals surface area (Å²) >= 11 is 11.7. The molecule has 0 fully saturated rings. The highest BCUT2D eigenvalue weighted by molar-refractivity contribution is 6.35. The highest BCUT2D eigenvalue weighted by Crippen LogP contribution is 2.22. The lowest BCUT2D eigenvalue weighted by molar-refractivity contribution is -0.123. The molecule has 1 unspecified atom stereocenters. The third-order valence-electron chi connectivity index (χ3n) is 2.91. The molecule has 0 radical (unpaired) electrons. The molecule has 0 saturated carbocycles. The van der Waals surface area contributed by atoms with Crippen LogP contribution < -0.4 is 5.32 Å². The smallest absolute Gasteiger partial charge is 0.340 e. The summed E-state index contributed by atoms with van der Waals surface area (Å²) in [5.74, 6) is -1.74. The Hall–Kier alpha value is -2.11. The van der Waals surface area contributed by atoms with Crippen molar-refractivity contribution >= 4 is 40.8 Å². The van der Waals surface area contributed by atoms with Crippen molar-refractivity contribution in [1.29, 1.82) is 0 Å². The third-order valence-corrected chi connectivity index (χ3v) is 3.48. The lowest BCUT2D eigenvalue weighted by Crippen LogP contribution is -2.30. The van der Waals surface area contributed by atoms with Gasteiger partial charge in [0.25, 0.3) is 5.91 Å². The molecular weight excluding hydrogens is 344 g/mol. The fourth-order valence-corrected chi connectivity index (χ4v) is 2.08. The van der Waals surface area contributed by atoms with Crippen molar-refractivity contribution in [2.75, 3.05) is 5.32 Å².